The Morgan fingerprint density at radius 3 is 2.42 bits per heavy atom. The zero-order chi connectivity index (χ0) is 18.5. The van der Waals surface area contributed by atoms with Crippen LogP contribution in [-0.4, -0.2) is 21.5 Å². The van der Waals surface area contributed by atoms with Crippen LogP contribution in [0.2, 0.25) is 10.0 Å². The zero-order valence-electron chi connectivity index (χ0n) is 13.8. The van der Waals surface area contributed by atoms with Crippen LogP contribution in [0.5, 0.6) is 0 Å². The summed E-state index contributed by atoms with van der Waals surface area (Å²) in [6.45, 7) is 0.158. The van der Waals surface area contributed by atoms with Gasteiger partial charge in [-0.1, -0.05) is 65.7 Å². The fourth-order valence-electron chi connectivity index (χ4n) is 2.55. The van der Waals surface area contributed by atoms with Crippen molar-refractivity contribution in [1.29, 1.82) is 0 Å². The van der Waals surface area contributed by atoms with Crippen LogP contribution >= 0.6 is 23.2 Å². The van der Waals surface area contributed by atoms with Crippen LogP contribution < -0.4 is 10.9 Å². The number of hydrogen-bond donors (Lipinski definition) is 2. The summed E-state index contributed by atoms with van der Waals surface area (Å²) in [6.07, 6.45) is 1.49. The molecule has 7 heteroatoms. The first-order valence-corrected chi connectivity index (χ1v) is 8.76. The molecule has 0 aliphatic heterocycles. The van der Waals surface area contributed by atoms with E-state index in [2.05, 4.69) is 10.4 Å². The minimum atomic E-state index is -0.434. The largest absolute Gasteiger partial charge is 0.394 e. The van der Waals surface area contributed by atoms with Gasteiger partial charge >= 0.3 is 0 Å². The summed E-state index contributed by atoms with van der Waals surface area (Å²) in [4.78, 5) is 12.5. The van der Waals surface area contributed by atoms with Gasteiger partial charge < -0.3 is 10.4 Å². The minimum absolute atomic E-state index is 0.0309. The molecular weight excluding hydrogens is 373 g/mol. The number of benzene rings is 2. The molecule has 1 aromatic heterocycles. The molecule has 0 amide bonds. The van der Waals surface area contributed by atoms with Gasteiger partial charge in [-0.15, -0.1) is 0 Å². The molecular formula is C19H17Cl2N3O2. The number of nitrogens with zero attached hydrogens (tertiary/aromatic N) is 2. The Morgan fingerprint density at radius 1 is 1.08 bits per heavy atom. The number of aromatic nitrogens is 2. The van der Waals surface area contributed by atoms with Gasteiger partial charge in [-0.2, -0.15) is 5.10 Å². The maximum atomic E-state index is 12.5. The Balaban J connectivity index is 1.83. The number of rotatable bonds is 6. The van der Waals surface area contributed by atoms with E-state index in [0.717, 1.165) is 11.1 Å². The minimum Gasteiger partial charge on any atom is -0.394 e. The second-order valence-corrected chi connectivity index (χ2v) is 6.57. The van der Waals surface area contributed by atoms with Gasteiger partial charge in [-0.3, -0.25) is 4.79 Å². The third kappa shape index (κ3) is 4.25. The molecule has 3 aromatic rings. The van der Waals surface area contributed by atoms with Crippen molar-refractivity contribution in [3.63, 3.8) is 0 Å². The molecule has 2 aromatic carbocycles. The van der Waals surface area contributed by atoms with Crippen LogP contribution in [0.4, 0.5) is 5.69 Å². The highest BCUT2D eigenvalue weighted by Crippen LogP contribution is 2.24. The standard InChI is InChI=1S/C19H17Cl2N3O2/c20-15-8-6-14(7-9-15)17(12-25)23-16-10-22-24(19(26)18(16)21)11-13-4-2-1-3-5-13/h1-10,17,23,25H,11-12H2. The summed E-state index contributed by atoms with van der Waals surface area (Å²) < 4.78 is 1.30. The number of aliphatic hydroxyl groups excluding tert-OH is 1. The summed E-state index contributed by atoms with van der Waals surface area (Å²) in [5, 5.41) is 17.6. The van der Waals surface area contributed by atoms with E-state index in [1.54, 1.807) is 24.3 Å². The molecule has 0 fully saturated rings. The third-order valence-electron chi connectivity index (χ3n) is 3.94. The molecule has 0 bridgehead atoms. The lowest BCUT2D eigenvalue weighted by atomic mass is 10.1. The summed E-state index contributed by atoms with van der Waals surface area (Å²) in [6, 6.07) is 16.2. The maximum absolute atomic E-state index is 12.5. The van der Waals surface area contributed by atoms with Crippen LogP contribution in [-0.2, 0) is 6.54 Å². The highest BCUT2D eigenvalue weighted by Gasteiger charge is 2.15. The molecule has 2 N–H and O–H groups in total. The van der Waals surface area contributed by atoms with Crippen molar-refractivity contribution in [1.82, 2.24) is 9.78 Å². The first kappa shape index (κ1) is 18.5. The molecule has 3 rings (SSSR count). The van der Waals surface area contributed by atoms with Crippen LogP contribution in [0.25, 0.3) is 0 Å². The van der Waals surface area contributed by atoms with Gasteiger partial charge in [0.2, 0.25) is 0 Å². The Bertz CT molecular complexity index is 928. The maximum Gasteiger partial charge on any atom is 0.287 e. The van der Waals surface area contributed by atoms with Crippen LogP contribution in [0.3, 0.4) is 0 Å². The molecule has 0 aliphatic carbocycles. The average Bonchev–Trinajstić information content (AvgIpc) is 2.67. The topological polar surface area (TPSA) is 67.2 Å². The molecule has 1 heterocycles. The fourth-order valence-corrected chi connectivity index (χ4v) is 2.88. The summed E-state index contributed by atoms with van der Waals surface area (Å²) in [5.41, 5.74) is 1.75. The van der Waals surface area contributed by atoms with Gasteiger partial charge in [-0.25, -0.2) is 4.68 Å². The predicted octanol–water partition coefficient (Wildman–Crippen LogP) is 3.74. The number of anilines is 1. The highest BCUT2D eigenvalue weighted by atomic mass is 35.5. The Hall–Kier alpha value is -2.34. The molecule has 134 valence electrons. The molecule has 0 radical (unpaired) electrons. The molecule has 5 nitrogen and oxygen atoms in total. The summed E-state index contributed by atoms with van der Waals surface area (Å²) in [5.74, 6) is 0. The number of aliphatic hydroxyl groups is 1. The van der Waals surface area contributed by atoms with Crippen molar-refractivity contribution < 1.29 is 5.11 Å². The normalized spacial score (nSPS) is 12.0. The molecule has 1 unspecified atom stereocenters. The molecule has 0 aliphatic rings. The van der Waals surface area contributed by atoms with Crippen molar-refractivity contribution in [2.45, 2.75) is 12.6 Å². The zero-order valence-corrected chi connectivity index (χ0v) is 15.3. The van der Waals surface area contributed by atoms with E-state index in [1.807, 2.05) is 30.3 Å². The van der Waals surface area contributed by atoms with Gasteiger partial charge in [0.25, 0.3) is 5.56 Å². The molecule has 26 heavy (non-hydrogen) atoms. The van der Waals surface area contributed by atoms with E-state index in [4.69, 9.17) is 23.2 Å². The van der Waals surface area contributed by atoms with E-state index < -0.39 is 11.6 Å². The van der Waals surface area contributed by atoms with E-state index >= 15 is 0 Å². The molecule has 0 saturated carbocycles. The summed E-state index contributed by atoms with van der Waals surface area (Å²) >= 11 is 12.1. The van der Waals surface area contributed by atoms with Crippen molar-refractivity contribution in [2.75, 3.05) is 11.9 Å². The predicted molar refractivity (Wildman–Crippen MR) is 104 cm³/mol. The van der Waals surface area contributed by atoms with E-state index in [1.165, 1.54) is 10.9 Å². The lowest BCUT2D eigenvalue weighted by molar-refractivity contribution is 0.276. The lowest BCUT2D eigenvalue weighted by Crippen LogP contribution is -2.26. The van der Waals surface area contributed by atoms with Crippen molar-refractivity contribution >= 4 is 28.9 Å². The third-order valence-corrected chi connectivity index (χ3v) is 4.56. The molecule has 0 spiro atoms. The van der Waals surface area contributed by atoms with Gasteiger partial charge in [0.05, 0.1) is 31.1 Å². The lowest BCUT2D eigenvalue weighted by Gasteiger charge is -2.19. The van der Waals surface area contributed by atoms with E-state index in [-0.39, 0.29) is 11.6 Å². The quantitative estimate of drug-likeness (QED) is 0.673. The molecule has 0 saturated heterocycles. The van der Waals surface area contributed by atoms with Crippen LogP contribution in [0.15, 0.2) is 65.6 Å². The van der Waals surface area contributed by atoms with Crippen LogP contribution in [0.1, 0.15) is 17.2 Å². The Kier molecular flexibility index (Phi) is 5.93. The first-order valence-electron chi connectivity index (χ1n) is 8.01. The number of hydrogen-bond acceptors (Lipinski definition) is 4. The second-order valence-electron chi connectivity index (χ2n) is 5.75. The number of nitrogens with one attached hydrogen (secondary N) is 1. The average molecular weight is 390 g/mol. The van der Waals surface area contributed by atoms with Gasteiger partial charge in [0.15, 0.2) is 0 Å². The highest BCUT2D eigenvalue weighted by molar-refractivity contribution is 6.33. The van der Waals surface area contributed by atoms with Gasteiger partial charge in [0, 0.05) is 5.02 Å². The second kappa shape index (κ2) is 8.36. The smallest absolute Gasteiger partial charge is 0.287 e. The van der Waals surface area contributed by atoms with Crippen LogP contribution in [0, 0.1) is 0 Å². The first-order chi connectivity index (χ1) is 12.6. The van der Waals surface area contributed by atoms with E-state index in [9.17, 15) is 9.90 Å². The summed E-state index contributed by atoms with van der Waals surface area (Å²) in [7, 11) is 0. The van der Waals surface area contributed by atoms with Crippen molar-refractivity contribution in [2.24, 2.45) is 0 Å². The Morgan fingerprint density at radius 2 is 1.77 bits per heavy atom. The van der Waals surface area contributed by atoms with Crippen molar-refractivity contribution in [3.8, 4) is 0 Å². The fraction of sp³-hybridized carbons (Fsp3) is 0.158. The van der Waals surface area contributed by atoms with Crippen molar-refractivity contribution in [3.05, 3.63) is 92.3 Å². The van der Waals surface area contributed by atoms with Gasteiger partial charge in [-0.05, 0) is 23.3 Å². The van der Waals surface area contributed by atoms with Gasteiger partial charge in [0.1, 0.15) is 5.02 Å². The monoisotopic (exact) mass is 389 g/mol. The molecule has 1 atom stereocenters. The number of halogens is 2. The SMILES string of the molecule is O=c1c(Cl)c(NC(CO)c2ccc(Cl)cc2)cnn1Cc1ccccc1. The van der Waals surface area contributed by atoms with E-state index in [0.29, 0.717) is 17.3 Å². The Labute approximate surface area is 160 Å².